The third kappa shape index (κ3) is 8.26. The molecule has 13 heavy (non-hydrogen) atoms. The summed E-state index contributed by atoms with van der Waals surface area (Å²) in [6.07, 6.45) is 3.45. The molecule has 0 saturated carbocycles. The van der Waals surface area contributed by atoms with Crippen LogP contribution >= 0.6 is 0 Å². The van der Waals surface area contributed by atoms with Gasteiger partial charge in [0.05, 0.1) is 0 Å². The van der Waals surface area contributed by atoms with Crippen LogP contribution in [0.2, 0.25) is 0 Å². The zero-order valence-electron chi connectivity index (χ0n) is 9.38. The van der Waals surface area contributed by atoms with E-state index in [1.54, 1.807) is 0 Å². The number of ether oxygens (including phenoxy) is 1. The summed E-state index contributed by atoms with van der Waals surface area (Å²) in [6.45, 7) is 9.20. The molecule has 1 unspecified atom stereocenters. The van der Waals surface area contributed by atoms with Crippen LogP contribution in [0.25, 0.3) is 0 Å². The van der Waals surface area contributed by atoms with Gasteiger partial charge in [-0.1, -0.05) is 27.2 Å². The highest BCUT2D eigenvalue weighted by molar-refractivity contribution is 4.56. The lowest BCUT2D eigenvalue weighted by molar-refractivity contribution is 0.111. The molecule has 0 aliphatic rings. The lowest BCUT2D eigenvalue weighted by atomic mass is 10.0. The van der Waals surface area contributed by atoms with Gasteiger partial charge < -0.3 is 10.5 Å². The van der Waals surface area contributed by atoms with E-state index in [4.69, 9.17) is 10.5 Å². The number of hydrogen-bond donors (Lipinski definition) is 1. The highest BCUT2D eigenvalue weighted by atomic mass is 16.5. The number of rotatable bonds is 8. The standard InChI is InChI=1S/C11H25NO/c1-4-11(9-12)6-8-13-7-5-10(2)3/h10-11H,4-9,12H2,1-3H3. The molecule has 0 heterocycles. The Balaban J connectivity index is 3.14. The van der Waals surface area contributed by atoms with E-state index < -0.39 is 0 Å². The monoisotopic (exact) mass is 187 g/mol. The average molecular weight is 187 g/mol. The average Bonchev–Trinajstić information content (AvgIpc) is 2.11. The number of hydrogen-bond acceptors (Lipinski definition) is 2. The van der Waals surface area contributed by atoms with Crippen molar-refractivity contribution in [2.24, 2.45) is 17.6 Å². The van der Waals surface area contributed by atoms with Gasteiger partial charge in [-0.25, -0.2) is 0 Å². The molecule has 0 saturated heterocycles. The van der Waals surface area contributed by atoms with Crippen LogP contribution in [0.3, 0.4) is 0 Å². The second kappa shape index (κ2) is 8.52. The Labute approximate surface area is 82.8 Å². The predicted molar refractivity (Wildman–Crippen MR) is 57.7 cm³/mol. The van der Waals surface area contributed by atoms with Gasteiger partial charge in [-0.2, -0.15) is 0 Å². The highest BCUT2D eigenvalue weighted by Crippen LogP contribution is 2.06. The molecule has 0 fully saturated rings. The van der Waals surface area contributed by atoms with E-state index in [-0.39, 0.29) is 0 Å². The van der Waals surface area contributed by atoms with Gasteiger partial charge >= 0.3 is 0 Å². The lowest BCUT2D eigenvalue weighted by Gasteiger charge is -2.12. The highest BCUT2D eigenvalue weighted by Gasteiger charge is 2.02. The van der Waals surface area contributed by atoms with Crippen LogP contribution in [0.15, 0.2) is 0 Å². The van der Waals surface area contributed by atoms with Crippen LogP contribution in [0.1, 0.15) is 40.0 Å². The summed E-state index contributed by atoms with van der Waals surface area (Å²) in [6, 6.07) is 0. The van der Waals surface area contributed by atoms with Crippen LogP contribution < -0.4 is 5.73 Å². The molecule has 2 N–H and O–H groups in total. The fourth-order valence-corrected chi connectivity index (χ4v) is 1.16. The minimum Gasteiger partial charge on any atom is -0.381 e. The summed E-state index contributed by atoms with van der Waals surface area (Å²) in [5.41, 5.74) is 5.59. The van der Waals surface area contributed by atoms with E-state index in [0.717, 1.165) is 32.1 Å². The van der Waals surface area contributed by atoms with Crippen molar-refractivity contribution in [2.75, 3.05) is 19.8 Å². The van der Waals surface area contributed by atoms with Gasteiger partial charge in [-0.3, -0.25) is 0 Å². The van der Waals surface area contributed by atoms with Gasteiger partial charge in [0.25, 0.3) is 0 Å². The zero-order chi connectivity index (χ0) is 10.1. The van der Waals surface area contributed by atoms with Crippen molar-refractivity contribution < 1.29 is 4.74 Å². The van der Waals surface area contributed by atoms with E-state index >= 15 is 0 Å². The molecule has 2 nitrogen and oxygen atoms in total. The summed E-state index contributed by atoms with van der Waals surface area (Å²) in [5, 5.41) is 0. The maximum atomic E-state index is 5.59. The summed E-state index contributed by atoms with van der Waals surface area (Å²) in [5.74, 6) is 1.40. The molecule has 0 radical (unpaired) electrons. The van der Waals surface area contributed by atoms with Crippen LogP contribution in [0.5, 0.6) is 0 Å². The molecule has 2 heteroatoms. The molecule has 0 aromatic heterocycles. The first-order valence-corrected chi connectivity index (χ1v) is 5.48. The van der Waals surface area contributed by atoms with E-state index in [0.29, 0.717) is 5.92 Å². The Kier molecular flexibility index (Phi) is 8.46. The Morgan fingerprint density at radius 3 is 2.23 bits per heavy atom. The first-order valence-electron chi connectivity index (χ1n) is 5.48. The van der Waals surface area contributed by atoms with E-state index in [9.17, 15) is 0 Å². The largest absolute Gasteiger partial charge is 0.381 e. The van der Waals surface area contributed by atoms with Crippen LogP contribution in [-0.4, -0.2) is 19.8 Å². The molecule has 1 atom stereocenters. The van der Waals surface area contributed by atoms with Crippen LogP contribution in [-0.2, 0) is 4.74 Å². The third-order valence-electron chi connectivity index (χ3n) is 2.42. The van der Waals surface area contributed by atoms with Gasteiger partial charge in [0, 0.05) is 13.2 Å². The van der Waals surface area contributed by atoms with Gasteiger partial charge in [-0.05, 0) is 31.2 Å². The maximum Gasteiger partial charge on any atom is 0.0469 e. The van der Waals surface area contributed by atoms with Gasteiger partial charge in [0.1, 0.15) is 0 Å². The second-order valence-corrected chi connectivity index (χ2v) is 4.09. The predicted octanol–water partition coefficient (Wildman–Crippen LogP) is 2.42. The molecule has 0 aromatic carbocycles. The topological polar surface area (TPSA) is 35.2 Å². The van der Waals surface area contributed by atoms with E-state index in [2.05, 4.69) is 20.8 Å². The molecule has 0 aliphatic carbocycles. The zero-order valence-corrected chi connectivity index (χ0v) is 9.38. The van der Waals surface area contributed by atoms with Crippen molar-refractivity contribution in [3.63, 3.8) is 0 Å². The van der Waals surface area contributed by atoms with Crippen LogP contribution in [0.4, 0.5) is 0 Å². The van der Waals surface area contributed by atoms with Crippen molar-refractivity contribution in [1.29, 1.82) is 0 Å². The van der Waals surface area contributed by atoms with Crippen molar-refractivity contribution in [1.82, 2.24) is 0 Å². The van der Waals surface area contributed by atoms with Crippen LogP contribution in [0, 0.1) is 11.8 Å². The Hall–Kier alpha value is -0.0800. The molecule has 0 aromatic rings. The number of nitrogens with two attached hydrogens (primary N) is 1. The Morgan fingerprint density at radius 1 is 1.15 bits per heavy atom. The summed E-state index contributed by atoms with van der Waals surface area (Å²) in [4.78, 5) is 0. The second-order valence-electron chi connectivity index (χ2n) is 4.09. The molecule has 80 valence electrons. The Bertz CT molecular complexity index is 100. The quantitative estimate of drug-likeness (QED) is 0.592. The minimum absolute atomic E-state index is 0.652. The molecule has 0 rings (SSSR count). The summed E-state index contributed by atoms with van der Waals surface area (Å²) in [7, 11) is 0. The summed E-state index contributed by atoms with van der Waals surface area (Å²) < 4.78 is 5.52. The minimum atomic E-state index is 0.652. The SMILES string of the molecule is CCC(CN)CCOCCC(C)C. The van der Waals surface area contributed by atoms with E-state index in [1.807, 2.05) is 0 Å². The molecule has 0 amide bonds. The third-order valence-corrected chi connectivity index (χ3v) is 2.42. The molecule has 0 bridgehead atoms. The fraction of sp³-hybridized carbons (Fsp3) is 1.00. The van der Waals surface area contributed by atoms with Crippen molar-refractivity contribution >= 4 is 0 Å². The first-order chi connectivity index (χ1) is 6.20. The van der Waals surface area contributed by atoms with Gasteiger partial charge in [0.15, 0.2) is 0 Å². The normalized spacial score (nSPS) is 13.6. The molecule has 0 spiro atoms. The lowest BCUT2D eigenvalue weighted by Crippen LogP contribution is -2.15. The van der Waals surface area contributed by atoms with Crippen molar-refractivity contribution in [2.45, 2.75) is 40.0 Å². The van der Waals surface area contributed by atoms with Gasteiger partial charge in [-0.15, -0.1) is 0 Å². The molecule has 0 aliphatic heterocycles. The first kappa shape index (κ1) is 12.9. The van der Waals surface area contributed by atoms with Crippen molar-refractivity contribution in [3.05, 3.63) is 0 Å². The van der Waals surface area contributed by atoms with E-state index in [1.165, 1.54) is 12.8 Å². The molecular weight excluding hydrogens is 162 g/mol. The fourth-order valence-electron chi connectivity index (χ4n) is 1.16. The van der Waals surface area contributed by atoms with Crippen molar-refractivity contribution in [3.8, 4) is 0 Å². The smallest absolute Gasteiger partial charge is 0.0469 e. The summed E-state index contributed by atoms with van der Waals surface area (Å²) >= 11 is 0. The molecular formula is C11H25NO. The maximum absolute atomic E-state index is 5.59. The van der Waals surface area contributed by atoms with Gasteiger partial charge in [0.2, 0.25) is 0 Å². The Morgan fingerprint density at radius 2 is 1.77 bits per heavy atom.